The Morgan fingerprint density at radius 3 is 2.63 bits per heavy atom. The molecule has 6 nitrogen and oxygen atoms in total. The number of carbonyl (C=O) groups excluding carboxylic acids is 2. The summed E-state index contributed by atoms with van der Waals surface area (Å²) < 4.78 is 7.34. The van der Waals surface area contributed by atoms with Gasteiger partial charge in [0, 0.05) is 45.9 Å². The van der Waals surface area contributed by atoms with Gasteiger partial charge in [-0.2, -0.15) is 11.8 Å². The molecule has 0 atom stereocenters. The molecule has 4 rings (SSSR count). The summed E-state index contributed by atoms with van der Waals surface area (Å²) in [4.78, 5) is 33.2. The first-order valence-electron chi connectivity index (χ1n) is 11.1. The monoisotopic (exact) mass is 527 g/mol. The molecule has 0 aliphatic rings. The molecule has 0 radical (unpaired) electrons. The molecule has 0 bridgehead atoms. The van der Waals surface area contributed by atoms with E-state index in [2.05, 4.69) is 11.2 Å². The lowest BCUT2D eigenvalue weighted by molar-refractivity contribution is -0.119. The van der Waals surface area contributed by atoms with E-state index in [1.807, 2.05) is 35.1 Å². The smallest absolute Gasteiger partial charge is 0.248 e. The fraction of sp³-hybridized carbons (Fsp3) is 0.269. The van der Waals surface area contributed by atoms with Crippen LogP contribution in [0.2, 0.25) is 5.02 Å². The van der Waals surface area contributed by atoms with E-state index in [0.29, 0.717) is 33.6 Å². The van der Waals surface area contributed by atoms with Crippen LogP contribution in [0.25, 0.3) is 10.9 Å². The number of nitrogens with zero attached hydrogens (tertiary/aromatic N) is 3. The summed E-state index contributed by atoms with van der Waals surface area (Å²) in [5, 5.41) is 3.90. The van der Waals surface area contributed by atoms with Crippen molar-refractivity contribution in [2.24, 2.45) is 0 Å². The van der Waals surface area contributed by atoms with Crippen LogP contribution in [0.5, 0.6) is 5.75 Å². The van der Waals surface area contributed by atoms with Crippen LogP contribution in [0.15, 0.2) is 54.0 Å². The third-order valence-corrected chi connectivity index (χ3v) is 7.58. The Balaban J connectivity index is 1.76. The average molecular weight is 528 g/mol. The molecule has 9 heteroatoms. The van der Waals surface area contributed by atoms with Crippen molar-refractivity contribution in [1.82, 2.24) is 9.55 Å². The number of aromatic nitrogens is 2. The zero-order chi connectivity index (χ0) is 24.9. The first-order valence-corrected chi connectivity index (χ1v) is 13.8. The van der Waals surface area contributed by atoms with Gasteiger partial charge in [-0.3, -0.25) is 14.5 Å². The average Bonchev–Trinajstić information content (AvgIpc) is 3.48. The Kier molecular flexibility index (Phi) is 8.15. The number of amides is 1. The van der Waals surface area contributed by atoms with Gasteiger partial charge >= 0.3 is 0 Å². The quantitative estimate of drug-likeness (QED) is 0.184. The zero-order valence-electron chi connectivity index (χ0n) is 19.8. The predicted octanol–water partition coefficient (Wildman–Crippen LogP) is 6.09. The van der Waals surface area contributed by atoms with Gasteiger partial charge in [-0.25, -0.2) is 4.98 Å². The molecule has 0 aliphatic carbocycles. The lowest BCUT2D eigenvalue weighted by atomic mass is 10.0. The SMILES string of the molecule is COc1ccc2c(C(=O)c3ccc(Cl)cc3)c(C)n(CC(=O)N(CCCSC)c3nccs3)c2c1. The first-order chi connectivity index (χ1) is 16.9. The van der Waals surface area contributed by atoms with Gasteiger partial charge in [0.2, 0.25) is 5.91 Å². The van der Waals surface area contributed by atoms with Gasteiger partial charge in [0.05, 0.1) is 18.2 Å². The van der Waals surface area contributed by atoms with Crippen molar-refractivity contribution >= 4 is 62.4 Å². The normalized spacial score (nSPS) is 11.1. The second-order valence-corrected chi connectivity index (χ2v) is 10.3. The molecule has 0 unspecified atom stereocenters. The molecule has 2 aromatic carbocycles. The van der Waals surface area contributed by atoms with E-state index in [1.54, 1.807) is 54.2 Å². The molecule has 0 spiro atoms. The van der Waals surface area contributed by atoms with Crippen molar-refractivity contribution in [1.29, 1.82) is 0 Å². The maximum Gasteiger partial charge on any atom is 0.248 e. The van der Waals surface area contributed by atoms with Crippen LogP contribution in [0.1, 0.15) is 28.0 Å². The van der Waals surface area contributed by atoms with E-state index in [9.17, 15) is 9.59 Å². The number of carbonyl (C=O) groups is 2. The summed E-state index contributed by atoms with van der Waals surface area (Å²) >= 11 is 9.22. The fourth-order valence-corrected chi connectivity index (χ4v) is 5.31. The molecule has 4 aromatic rings. The lowest BCUT2D eigenvalue weighted by Gasteiger charge is -2.21. The molecule has 2 heterocycles. The highest BCUT2D eigenvalue weighted by Crippen LogP contribution is 2.32. The number of hydrogen-bond donors (Lipinski definition) is 0. The third kappa shape index (κ3) is 5.39. The zero-order valence-corrected chi connectivity index (χ0v) is 22.2. The summed E-state index contributed by atoms with van der Waals surface area (Å²) in [5.41, 5.74) is 2.61. The van der Waals surface area contributed by atoms with Gasteiger partial charge in [0.25, 0.3) is 0 Å². The van der Waals surface area contributed by atoms with E-state index in [-0.39, 0.29) is 18.2 Å². The minimum absolute atomic E-state index is 0.0747. The number of halogens is 1. The Morgan fingerprint density at radius 2 is 1.97 bits per heavy atom. The minimum atomic E-state index is -0.114. The van der Waals surface area contributed by atoms with Crippen LogP contribution >= 0.6 is 34.7 Å². The fourth-order valence-electron chi connectivity index (χ4n) is 4.08. The van der Waals surface area contributed by atoms with Crippen LogP contribution < -0.4 is 9.64 Å². The summed E-state index contributed by atoms with van der Waals surface area (Å²) in [6.45, 7) is 2.55. The number of ketones is 1. The van der Waals surface area contributed by atoms with Crippen LogP contribution in [-0.4, -0.2) is 46.9 Å². The summed E-state index contributed by atoms with van der Waals surface area (Å²) in [5.74, 6) is 1.43. The molecule has 2 aromatic heterocycles. The molecule has 1 amide bonds. The van der Waals surface area contributed by atoms with Crippen molar-refractivity contribution in [3.05, 3.63) is 75.9 Å². The molecular weight excluding hydrogens is 502 g/mol. The van der Waals surface area contributed by atoms with Gasteiger partial charge < -0.3 is 9.30 Å². The van der Waals surface area contributed by atoms with Gasteiger partial charge in [0.15, 0.2) is 10.9 Å². The first kappa shape index (κ1) is 25.3. The number of hydrogen-bond acceptors (Lipinski definition) is 6. The summed E-state index contributed by atoms with van der Waals surface area (Å²) in [6, 6.07) is 12.4. The number of ether oxygens (including phenoxy) is 1. The molecule has 0 saturated carbocycles. The molecule has 0 saturated heterocycles. The highest BCUT2D eigenvalue weighted by Gasteiger charge is 2.25. The topological polar surface area (TPSA) is 64.4 Å². The lowest BCUT2D eigenvalue weighted by Crippen LogP contribution is -2.35. The van der Waals surface area contributed by atoms with E-state index in [0.717, 1.165) is 28.8 Å². The molecular formula is C26H26ClN3O3S2. The van der Waals surface area contributed by atoms with Crippen LogP contribution in [0, 0.1) is 6.92 Å². The van der Waals surface area contributed by atoms with E-state index < -0.39 is 0 Å². The number of anilines is 1. The Hall–Kier alpha value is -2.81. The molecule has 35 heavy (non-hydrogen) atoms. The Morgan fingerprint density at radius 1 is 1.20 bits per heavy atom. The van der Waals surface area contributed by atoms with Gasteiger partial charge in [-0.15, -0.1) is 11.3 Å². The van der Waals surface area contributed by atoms with Crippen molar-refractivity contribution in [2.45, 2.75) is 19.9 Å². The number of rotatable bonds is 10. The second-order valence-electron chi connectivity index (χ2n) is 7.97. The number of benzene rings is 2. The predicted molar refractivity (Wildman–Crippen MR) is 146 cm³/mol. The van der Waals surface area contributed by atoms with Gasteiger partial charge in [0.1, 0.15) is 12.3 Å². The Bertz CT molecular complexity index is 1330. The van der Waals surface area contributed by atoms with Crippen LogP contribution in [0.3, 0.4) is 0 Å². The van der Waals surface area contributed by atoms with Crippen molar-refractivity contribution < 1.29 is 14.3 Å². The van der Waals surface area contributed by atoms with Crippen molar-refractivity contribution in [2.75, 3.05) is 30.6 Å². The highest BCUT2D eigenvalue weighted by molar-refractivity contribution is 7.98. The number of thiazole rings is 1. The van der Waals surface area contributed by atoms with Crippen LogP contribution in [-0.2, 0) is 11.3 Å². The molecule has 0 aliphatic heterocycles. The standard InChI is InChI=1S/C26H26ClN3O3S2/c1-17-24(25(32)18-5-7-19(27)8-6-18)21-10-9-20(33-2)15-22(21)30(17)16-23(31)29(12-4-13-34-3)26-28-11-14-35-26/h5-11,14-15H,4,12-13,16H2,1-3H3. The largest absolute Gasteiger partial charge is 0.497 e. The van der Waals surface area contributed by atoms with E-state index >= 15 is 0 Å². The summed E-state index contributed by atoms with van der Waals surface area (Å²) in [6.07, 6.45) is 4.63. The maximum atomic E-state index is 13.6. The second kappa shape index (κ2) is 11.3. The maximum absolute atomic E-state index is 13.6. The van der Waals surface area contributed by atoms with Crippen molar-refractivity contribution in [3.63, 3.8) is 0 Å². The number of fused-ring (bicyclic) bond motifs is 1. The molecule has 0 N–H and O–H groups in total. The van der Waals surface area contributed by atoms with Gasteiger partial charge in [-0.05, 0) is 61.8 Å². The number of methoxy groups -OCH3 is 1. The van der Waals surface area contributed by atoms with Crippen molar-refractivity contribution in [3.8, 4) is 5.75 Å². The third-order valence-electron chi connectivity index (χ3n) is 5.84. The molecule has 0 fully saturated rings. The highest BCUT2D eigenvalue weighted by atomic mass is 35.5. The van der Waals surface area contributed by atoms with E-state index in [4.69, 9.17) is 16.3 Å². The Labute approximate surface area is 217 Å². The molecule has 182 valence electrons. The minimum Gasteiger partial charge on any atom is -0.497 e. The number of thioether (sulfide) groups is 1. The summed E-state index contributed by atoms with van der Waals surface area (Å²) in [7, 11) is 1.60. The van der Waals surface area contributed by atoms with Gasteiger partial charge in [-0.1, -0.05) is 11.6 Å². The van der Waals surface area contributed by atoms with E-state index in [1.165, 1.54) is 11.3 Å². The van der Waals surface area contributed by atoms with Crippen LogP contribution in [0.4, 0.5) is 5.13 Å².